The molecule has 1 aromatic heterocycles. The molecule has 0 unspecified atom stereocenters. The number of nitrogens with zero attached hydrogens (tertiary/aromatic N) is 2. The van der Waals surface area contributed by atoms with E-state index in [1.165, 1.54) is 12.8 Å². The molecule has 1 saturated heterocycles. The van der Waals surface area contributed by atoms with Gasteiger partial charge in [-0.1, -0.05) is 19.1 Å². The van der Waals surface area contributed by atoms with Gasteiger partial charge in [-0.05, 0) is 38.1 Å². The van der Waals surface area contributed by atoms with Crippen LogP contribution in [-0.2, 0) is 11.2 Å². The van der Waals surface area contributed by atoms with Crippen LogP contribution in [0.15, 0.2) is 24.3 Å². The van der Waals surface area contributed by atoms with Crippen LogP contribution in [0.1, 0.15) is 32.0 Å². The first-order valence-corrected chi connectivity index (χ1v) is 8.20. The SMILES string of the molecule is CCN1CCC[C@@H]1CNC(=O)CCc1nc2ccccc2[nH]1. The molecule has 0 aliphatic carbocycles. The normalized spacial score (nSPS) is 18.9. The van der Waals surface area contributed by atoms with Crippen molar-refractivity contribution < 1.29 is 4.79 Å². The zero-order valence-corrected chi connectivity index (χ0v) is 13.1. The third-order valence-electron chi connectivity index (χ3n) is 4.47. The van der Waals surface area contributed by atoms with E-state index in [0.29, 0.717) is 18.9 Å². The lowest BCUT2D eigenvalue weighted by molar-refractivity contribution is -0.121. The van der Waals surface area contributed by atoms with Gasteiger partial charge in [0, 0.05) is 25.4 Å². The Labute approximate surface area is 131 Å². The van der Waals surface area contributed by atoms with E-state index in [1.54, 1.807) is 0 Å². The van der Waals surface area contributed by atoms with Crippen LogP contribution in [-0.4, -0.2) is 46.5 Å². The second-order valence-corrected chi connectivity index (χ2v) is 5.93. The first-order valence-electron chi connectivity index (χ1n) is 8.20. The molecule has 1 aromatic carbocycles. The minimum atomic E-state index is 0.114. The zero-order chi connectivity index (χ0) is 15.4. The van der Waals surface area contributed by atoms with Crippen LogP contribution in [0.4, 0.5) is 0 Å². The zero-order valence-electron chi connectivity index (χ0n) is 13.1. The Morgan fingerprint density at radius 1 is 1.45 bits per heavy atom. The summed E-state index contributed by atoms with van der Waals surface area (Å²) in [6.07, 6.45) is 3.58. The van der Waals surface area contributed by atoms with E-state index in [9.17, 15) is 4.79 Å². The topological polar surface area (TPSA) is 61.0 Å². The summed E-state index contributed by atoms with van der Waals surface area (Å²) in [5.74, 6) is 0.996. The molecule has 22 heavy (non-hydrogen) atoms. The summed E-state index contributed by atoms with van der Waals surface area (Å²) in [5.41, 5.74) is 1.99. The van der Waals surface area contributed by atoms with Crippen molar-refractivity contribution in [1.29, 1.82) is 0 Å². The highest BCUT2D eigenvalue weighted by molar-refractivity contribution is 5.77. The number of para-hydroxylation sites is 2. The Bertz CT molecular complexity index is 603. The number of amides is 1. The van der Waals surface area contributed by atoms with E-state index in [4.69, 9.17) is 0 Å². The third-order valence-corrected chi connectivity index (χ3v) is 4.47. The lowest BCUT2D eigenvalue weighted by Gasteiger charge is -2.22. The fraction of sp³-hybridized carbons (Fsp3) is 0.529. The smallest absolute Gasteiger partial charge is 0.220 e. The van der Waals surface area contributed by atoms with Gasteiger partial charge in [-0.25, -0.2) is 4.98 Å². The first kappa shape index (κ1) is 15.0. The van der Waals surface area contributed by atoms with E-state index >= 15 is 0 Å². The number of likely N-dealkylation sites (N-methyl/N-ethyl adjacent to an activating group) is 1. The van der Waals surface area contributed by atoms with Crippen molar-refractivity contribution in [2.45, 2.75) is 38.6 Å². The summed E-state index contributed by atoms with van der Waals surface area (Å²) >= 11 is 0. The molecular weight excluding hydrogens is 276 g/mol. The van der Waals surface area contributed by atoms with Crippen molar-refractivity contribution in [3.05, 3.63) is 30.1 Å². The minimum Gasteiger partial charge on any atom is -0.355 e. The molecule has 0 bridgehead atoms. The predicted octanol–water partition coefficient (Wildman–Crippen LogP) is 2.10. The van der Waals surface area contributed by atoms with Gasteiger partial charge in [0.25, 0.3) is 0 Å². The maximum Gasteiger partial charge on any atom is 0.220 e. The van der Waals surface area contributed by atoms with Crippen LogP contribution >= 0.6 is 0 Å². The van der Waals surface area contributed by atoms with Gasteiger partial charge in [-0.2, -0.15) is 0 Å². The number of nitrogens with one attached hydrogen (secondary N) is 2. The summed E-state index contributed by atoms with van der Waals surface area (Å²) in [6.45, 7) is 5.18. The molecular formula is C17H24N4O. The Balaban J connectivity index is 1.46. The van der Waals surface area contributed by atoms with Gasteiger partial charge < -0.3 is 10.3 Å². The number of likely N-dealkylation sites (tertiary alicyclic amines) is 1. The molecule has 0 saturated carbocycles. The molecule has 1 atom stereocenters. The number of carbonyl (C=O) groups excluding carboxylic acids is 1. The number of aryl methyl sites for hydroxylation is 1. The highest BCUT2D eigenvalue weighted by atomic mass is 16.1. The van der Waals surface area contributed by atoms with Gasteiger partial charge in [0.15, 0.2) is 0 Å². The highest BCUT2D eigenvalue weighted by Crippen LogP contribution is 2.15. The molecule has 2 N–H and O–H groups in total. The Morgan fingerprint density at radius 3 is 3.14 bits per heavy atom. The van der Waals surface area contributed by atoms with Gasteiger partial charge in [0.05, 0.1) is 11.0 Å². The van der Waals surface area contributed by atoms with Crippen LogP contribution in [0.5, 0.6) is 0 Å². The lowest BCUT2D eigenvalue weighted by Crippen LogP contribution is -2.40. The van der Waals surface area contributed by atoms with Crippen LogP contribution in [0.25, 0.3) is 11.0 Å². The lowest BCUT2D eigenvalue weighted by atomic mass is 10.2. The number of benzene rings is 1. The Kier molecular flexibility index (Phi) is 4.73. The first-order chi connectivity index (χ1) is 10.8. The van der Waals surface area contributed by atoms with E-state index in [2.05, 4.69) is 27.1 Å². The maximum absolute atomic E-state index is 12.0. The number of hydrogen-bond acceptors (Lipinski definition) is 3. The predicted molar refractivity (Wildman–Crippen MR) is 87.7 cm³/mol. The largest absolute Gasteiger partial charge is 0.355 e. The molecule has 118 valence electrons. The van der Waals surface area contributed by atoms with E-state index in [1.807, 2.05) is 24.3 Å². The molecule has 2 aromatic rings. The molecule has 1 aliphatic heterocycles. The summed E-state index contributed by atoms with van der Waals surface area (Å²) in [6, 6.07) is 8.46. The fourth-order valence-corrected chi connectivity index (χ4v) is 3.22. The number of H-pyrrole nitrogens is 1. The molecule has 1 aliphatic rings. The van der Waals surface area contributed by atoms with Crippen molar-refractivity contribution >= 4 is 16.9 Å². The van der Waals surface area contributed by atoms with Gasteiger partial charge >= 0.3 is 0 Å². The number of carbonyl (C=O) groups is 1. The average molecular weight is 300 g/mol. The second kappa shape index (κ2) is 6.92. The average Bonchev–Trinajstić information content (AvgIpc) is 3.16. The summed E-state index contributed by atoms with van der Waals surface area (Å²) in [7, 11) is 0. The van der Waals surface area contributed by atoms with Gasteiger partial charge in [0.2, 0.25) is 5.91 Å². The van der Waals surface area contributed by atoms with E-state index in [0.717, 1.165) is 36.5 Å². The number of rotatable bonds is 6. The highest BCUT2D eigenvalue weighted by Gasteiger charge is 2.22. The van der Waals surface area contributed by atoms with Crippen molar-refractivity contribution in [3.8, 4) is 0 Å². The number of aromatic amines is 1. The summed E-state index contributed by atoms with van der Waals surface area (Å²) in [4.78, 5) is 22.2. The van der Waals surface area contributed by atoms with Crippen LogP contribution in [0.2, 0.25) is 0 Å². The third kappa shape index (κ3) is 3.47. The van der Waals surface area contributed by atoms with Gasteiger partial charge in [-0.3, -0.25) is 9.69 Å². The van der Waals surface area contributed by atoms with Crippen molar-refractivity contribution in [1.82, 2.24) is 20.2 Å². The quantitative estimate of drug-likeness (QED) is 0.859. The van der Waals surface area contributed by atoms with Crippen molar-refractivity contribution in [3.63, 3.8) is 0 Å². The van der Waals surface area contributed by atoms with E-state index < -0.39 is 0 Å². The number of fused-ring (bicyclic) bond motifs is 1. The second-order valence-electron chi connectivity index (χ2n) is 5.93. The number of imidazole rings is 1. The fourth-order valence-electron chi connectivity index (χ4n) is 3.22. The van der Waals surface area contributed by atoms with E-state index in [-0.39, 0.29) is 5.91 Å². The molecule has 5 heteroatoms. The van der Waals surface area contributed by atoms with Crippen molar-refractivity contribution in [2.75, 3.05) is 19.6 Å². The number of hydrogen-bond donors (Lipinski definition) is 2. The molecule has 1 fully saturated rings. The molecule has 5 nitrogen and oxygen atoms in total. The molecule has 2 heterocycles. The number of aromatic nitrogens is 2. The van der Waals surface area contributed by atoms with Gasteiger partial charge in [0.1, 0.15) is 5.82 Å². The van der Waals surface area contributed by atoms with Crippen LogP contribution in [0, 0.1) is 0 Å². The van der Waals surface area contributed by atoms with Crippen LogP contribution < -0.4 is 5.32 Å². The van der Waals surface area contributed by atoms with Gasteiger partial charge in [-0.15, -0.1) is 0 Å². The Morgan fingerprint density at radius 2 is 2.32 bits per heavy atom. The van der Waals surface area contributed by atoms with Crippen molar-refractivity contribution in [2.24, 2.45) is 0 Å². The minimum absolute atomic E-state index is 0.114. The molecule has 1 amide bonds. The molecule has 3 rings (SSSR count). The molecule has 0 spiro atoms. The maximum atomic E-state index is 12.0. The monoisotopic (exact) mass is 300 g/mol. The Hall–Kier alpha value is -1.88. The molecule has 0 radical (unpaired) electrons. The standard InChI is InChI=1S/C17H24N4O/c1-2-21-11-5-6-13(21)12-18-17(22)10-9-16-19-14-7-3-4-8-15(14)20-16/h3-4,7-8,13H,2,5-6,9-12H2,1H3,(H,18,22)(H,19,20)/t13-/m1/s1. The van der Waals surface area contributed by atoms with Crippen LogP contribution in [0.3, 0.4) is 0 Å². The summed E-state index contributed by atoms with van der Waals surface area (Å²) < 4.78 is 0. The summed E-state index contributed by atoms with van der Waals surface area (Å²) in [5, 5.41) is 3.07.